The Labute approximate surface area is 160 Å². The first-order valence-electron chi connectivity index (χ1n) is 7.94. The van der Waals surface area contributed by atoms with E-state index in [9.17, 15) is 13.2 Å². The quantitative estimate of drug-likeness (QED) is 0.599. The first-order valence-corrected chi connectivity index (χ1v) is 10.3. The Morgan fingerprint density at radius 3 is 2.63 bits per heavy atom. The summed E-state index contributed by atoms with van der Waals surface area (Å²) in [7, 11) is -3.69. The first kappa shape index (κ1) is 19.0. The number of hydrogen-bond donors (Lipinski definition) is 2. The van der Waals surface area contributed by atoms with E-state index in [1.165, 1.54) is 24.3 Å². The number of amides is 1. The zero-order valence-corrected chi connectivity index (χ0v) is 15.8. The number of rotatable bonds is 8. The van der Waals surface area contributed by atoms with Crippen molar-refractivity contribution in [3.8, 4) is 16.3 Å². The maximum absolute atomic E-state index is 12.5. The lowest BCUT2D eigenvalue weighted by Crippen LogP contribution is -2.23. The largest absolute Gasteiger partial charge is 0.484 e. The molecule has 0 aliphatic heterocycles. The number of nitrogens with zero attached hydrogens (tertiary/aromatic N) is 1. The van der Waals surface area contributed by atoms with Crippen LogP contribution < -0.4 is 15.2 Å². The van der Waals surface area contributed by atoms with E-state index >= 15 is 0 Å². The Hall–Kier alpha value is -2.75. The second kappa shape index (κ2) is 8.30. The predicted molar refractivity (Wildman–Crippen MR) is 103 cm³/mol. The van der Waals surface area contributed by atoms with Crippen molar-refractivity contribution in [2.24, 2.45) is 5.73 Å². The third-order valence-electron chi connectivity index (χ3n) is 3.58. The molecule has 1 amide bonds. The van der Waals surface area contributed by atoms with Gasteiger partial charge in [-0.2, -0.15) is 0 Å². The van der Waals surface area contributed by atoms with E-state index in [-0.39, 0.29) is 18.0 Å². The second-order valence-corrected chi connectivity index (χ2v) is 8.29. The van der Waals surface area contributed by atoms with E-state index in [2.05, 4.69) is 9.71 Å². The normalized spacial score (nSPS) is 11.3. The van der Waals surface area contributed by atoms with Crippen molar-refractivity contribution in [3.05, 3.63) is 65.7 Å². The van der Waals surface area contributed by atoms with Gasteiger partial charge in [0.2, 0.25) is 10.0 Å². The second-order valence-electron chi connectivity index (χ2n) is 5.58. The molecule has 140 valence electrons. The molecule has 1 aromatic carbocycles. The highest BCUT2D eigenvalue weighted by Gasteiger charge is 2.14. The van der Waals surface area contributed by atoms with Crippen LogP contribution in [-0.4, -0.2) is 25.9 Å². The van der Waals surface area contributed by atoms with Gasteiger partial charge in [-0.15, -0.1) is 11.3 Å². The van der Waals surface area contributed by atoms with E-state index < -0.39 is 15.9 Å². The summed E-state index contributed by atoms with van der Waals surface area (Å²) in [5, 5.41) is 1.96. The van der Waals surface area contributed by atoms with E-state index in [1.54, 1.807) is 23.6 Å². The molecule has 3 rings (SSSR count). The SMILES string of the molecule is NC(=O)COc1ccc(S(=O)(=O)NCc2ccnc(-c3cccs3)c2)cc1. The number of aromatic nitrogens is 1. The number of thiophene rings is 1. The van der Waals surface area contributed by atoms with Crippen LogP contribution in [0.15, 0.2) is 65.0 Å². The number of hydrogen-bond acceptors (Lipinski definition) is 6. The maximum Gasteiger partial charge on any atom is 0.255 e. The number of primary amides is 1. The third kappa shape index (κ3) is 5.13. The number of pyridine rings is 1. The summed E-state index contributed by atoms with van der Waals surface area (Å²) in [5.74, 6) is -0.241. The summed E-state index contributed by atoms with van der Waals surface area (Å²) in [4.78, 5) is 16.1. The minimum atomic E-state index is -3.69. The zero-order valence-electron chi connectivity index (χ0n) is 14.2. The maximum atomic E-state index is 12.5. The lowest BCUT2D eigenvalue weighted by molar-refractivity contribution is -0.119. The van der Waals surface area contributed by atoms with E-state index in [1.807, 2.05) is 23.6 Å². The number of carbonyl (C=O) groups excluding carboxylic acids is 1. The van der Waals surface area contributed by atoms with Crippen LogP contribution in [0.3, 0.4) is 0 Å². The van der Waals surface area contributed by atoms with Crippen LogP contribution >= 0.6 is 11.3 Å². The zero-order chi connectivity index (χ0) is 19.3. The van der Waals surface area contributed by atoms with Gasteiger partial charge in [-0.1, -0.05) is 6.07 Å². The van der Waals surface area contributed by atoms with Crippen molar-refractivity contribution >= 4 is 27.3 Å². The van der Waals surface area contributed by atoms with Crippen LogP contribution in [0.4, 0.5) is 0 Å². The van der Waals surface area contributed by atoms with Crippen molar-refractivity contribution in [1.29, 1.82) is 0 Å². The lowest BCUT2D eigenvalue weighted by atomic mass is 10.2. The fourth-order valence-corrected chi connectivity index (χ4v) is 3.99. The molecule has 0 radical (unpaired) electrons. The topological polar surface area (TPSA) is 111 Å². The molecule has 0 spiro atoms. The highest BCUT2D eigenvalue weighted by molar-refractivity contribution is 7.89. The Kier molecular flexibility index (Phi) is 5.84. The molecule has 0 aliphatic rings. The van der Waals surface area contributed by atoms with Gasteiger partial charge in [0.1, 0.15) is 5.75 Å². The van der Waals surface area contributed by atoms with Crippen LogP contribution in [0, 0.1) is 0 Å². The van der Waals surface area contributed by atoms with Gasteiger partial charge >= 0.3 is 0 Å². The van der Waals surface area contributed by atoms with Crippen molar-refractivity contribution in [2.45, 2.75) is 11.4 Å². The minimum Gasteiger partial charge on any atom is -0.484 e. The molecular formula is C18H17N3O4S2. The van der Waals surface area contributed by atoms with Gasteiger partial charge in [0.25, 0.3) is 5.91 Å². The fraction of sp³-hybridized carbons (Fsp3) is 0.111. The molecule has 0 aliphatic carbocycles. The Bertz CT molecular complexity index is 1020. The summed E-state index contributed by atoms with van der Waals surface area (Å²) in [6.07, 6.45) is 1.66. The van der Waals surface area contributed by atoms with Gasteiger partial charge in [0.15, 0.2) is 6.61 Å². The molecule has 3 N–H and O–H groups in total. The molecule has 0 fully saturated rings. The van der Waals surface area contributed by atoms with Gasteiger partial charge in [0.05, 0.1) is 15.5 Å². The molecule has 2 aromatic heterocycles. The van der Waals surface area contributed by atoms with Gasteiger partial charge < -0.3 is 10.5 Å². The Morgan fingerprint density at radius 2 is 1.96 bits per heavy atom. The van der Waals surface area contributed by atoms with Gasteiger partial charge in [-0.3, -0.25) is 9.78 Å². The highest BCUT2D eigenvalue weighted by Crippen LogP contribution is 2.23. The smallest absolute Gasteiger partial charge is 0.255 e. The summed E-state index contributed by atoms with van der Waals surface area (Å²) in [5.41, 5.74) is 6.61. The molecule has 0 bridgehead atoms. The molecule has 27 heavy (non-hydrogen) atoms. The molecule has 3 aromatic rings. The van der Waals surface area contributed by atoms with Crippen LogP contribution in [0.1, 0.15) is 5.56 Å². The van der Waals surface area contributed by atoms with Crippen molar-refractivity contribution < 1.29 is 17.9 Å². The van der Waals surface area contributed by atoms with Gasteiger partial charge in [-0.05, 0) is 53.4 Å². The van der Waals surface area contributed by atoms with E-state index in [0.29, 0.717) is 5.75 Å². The molecule has 0 saturated heterocycles. The molecule has 0 saturated carbocycles. The predicted octanol–water partition coefficient (Wildman–Crippen LogP) is 2.15. The van der Waals surface area contributed by atoms with Crippen molar-refractivity contribution in [2.75, 3.05) is 6.61 Å². The number of carbonyl (C=O) groups is 1. The van der Waals surface area contributed by atoms with E-state index in [4.69, 9.17) is 10.5 Å². The molecule has 0 atom stereocenters. The number of nitrogens with one attached hydrogen (secondary N) is 1. The monoisotopic (exact) mass is 403 g/mol. The number of nitrogens with two attached hydrogens (primary N) is 1. The number of sulfonamides is 1. The van der Waals surface area contributed by atoms with Crippen molar-refractivity contribution in [3.63, 3.8) is 0 Å². The fourth-order valence-electron chi connectivity index (χ4n) is 2.27. The Balaban J connectivity index is 1.66. The molecule has 0 unspecified atom stereocenters. The van der Waals surface area contributed by atoms with Crippen molar-refractivity contribution in [1.82, 2.24) is 9.71 Å². The van der Waals surface area contributed by atoms with Gasteiger partial charge in [-0.25, -0.2) is 13.1 Å². The summed E-state index contributed by atoms with van der Waals surface area (Å²) in [6.45, 7) is -0.123. The highest BCUT2D eigenvalue weighted by atomic mass is 32.2. The third-order valence-corrected chi connectivity index (χ3v) is 5.89. The Morgan fingerprint density at radius 1 is 1.19 bits per heavy atom. The number of benzene rings is 1. The lowest BCUT2D eigenvalue weighted by Gasteiger charge is -2.09. The molecule has 9 heteroatoms. The number of ether oxygens (including phenoxy) is 1. The molecule has 7 nitrogen and oxygen atoms in total. The average Bonchev–Trinajstić information content (AvgIpc) is 3.20. The van der Waals surface area contributed by atoms with Crippen LogP contribution in [0.25, 0.3) is 10.6 Å². The van der Waals surface area contributed by atoms with Crippen LogP contribution in [-0.2, 0) is 21.4 Å². The first-order chi connectivity index (χ1) is 12.9. The summed E-state index contributed by atoms with van der Waals surface area (Å²) < 4.78 is 32.6. The standard InChI is InChI=1S/C18H17N3O4S2/c19-18(22)12-25-14-3-5-15(6-4-14)27(23,24)21-11-13-7-8-20-16(10-13)17-2-1-9-26-17/h1-10,21H,11-12H2,(H2,19,22). The summed E-state index contributed by atoms with van der Waals surface area (Å²) >= 11 is 1.57. The molecular weight excluding hydrogens is 386 g/mol. The minimum absolute atomic E-state index is 0.0986. The van der Waals surface area contributed by atoms with Crippen LogP contribution in [0.5, 0.6) is 5.75 Å². The molecule has 2 heterocycles. The average molecular weight is 403 g/mol. The van der Waals surface area contributed by atoms with E-state index in [0.717, 1.165) is 16.1 Å². The summed E-state index contributed by atoms with van der Waals surface area (Å²) in [6, 6.07) is 13.3. The van der Waals surface area contributed by atoms with Crippen LogP contribution in [0.2, 0.25) is 0 Å². The van der Waals surface area contributed by atoms with Gasteiger partial charge in [0, 0.05) is 12.7 Å².